The molecule has 0 aliphatic carbocycles. The third-order valence-electron chi connectivity index (χ3n) is 3.48. The molecule has 1 saturated heterocycles. The highest BCUT2D eigenvalue weighted by atomic mass is 35.5. The molecular weight excluding hydrogens is 294 g/mol. The summed E-state index contributed by atoms with van der Waals surface area (Å²) in [5.74, 6) is -0.148. The van der Waals surface area contributed by atoms with Crippen molar-refractivity contribution in [3.05, 3.63) is 29.3 Å². The van der Waals surface area contributed by atoms with E-state index in [2.05, 4.69) is 0 Å². The molecule has 2 rings (SSSR count). The van der Waals surface area contributed by atoms with E-state index < -0.39 is 6.04 Å². The standard InChI is InChI=1S/C15H18ClNO4/c1-20-15(19)12-7-4-5-9-17(12)14(18)10-21-13-8-3-2-6-11(13)16/h2-3,6,8,12H,4-5,7,9-10H2,1H3/t12-/m1/s1. The molecule has 0 spiro atoms. The second-order valence-electron chi connectivity index (χ2n) is 4.84. The van der Waals surface area contributed by atoms with Crippen LogP contribution in [0.3, 0.4) is 0 Å². The lowest BCUT2D eigenvalue weighted by Gasteiger charge is -2.33. The monoisotopic (exact) mass is 311 g/mol. The predicted molar refractivity (Wildman–Crippen MR) is 78.3 cm³/mol. The zero-order chi connectivity index (χ0) is 15.2. The van der Waals surface area contributed by atoms with E-state index in [4.69, 9.17) is 21.1 Å². The Hall–Kier alpha value is -1.75. The first-order valence-electron chi connectivity index (χ1n) is 6.88. The molecule has 1 fully saturated rings. The highest BCUT2D eigenvalue weighted by Gasteiger charge is 2.32. The quantitative estimate of drug-likeness (QED) is 0.801. The van der Waals surface area contributed by atoms with Crippen molar-refractivity contribution in [1.29, 1.82) is 0 Å². The van der Waals surface area contributed by atoms with Crippen LogP contribution in [0, 0.1) is 0 Å². The van der Waals surface area contributed by atoms with Crippen molar-refractivity contribution in [2.75, 3.05) is 20.3 Å². The number of hydrogen-bond donors (Lipinski definition) is 0. The molecule has 6 heteroatoms. The van der Waals surface area contributed by atoms with Gasteiger partial charge in [0.1, 0.15) is 11.8 Å². The highest BCUT2D eigenvalue weighted by molar-refractivity contribution is 6.32. The van der Waals surface area contributed by atoms with Gasteiger partial charge < -0.3 is 14.4 Å². The van der Waals surface area contributed by atoms with E-state index >= 15 is 0 Å². The maximum absolute atomic E-state index is 12.3. The predicted octanol–water partition coefficient (Wildman–Crippen LogP) is 2.27. The zero-order valence-electron chi connectivity index (χ0n) is 11.9. The van der Waals surface area contributed by atoms with Crippen LogP contribution in [0.4, 0.5) is 0 Å². The molecule has 114 valence electrons. The molecule has 1 amide bonds. The normalized spacial score (nSPS) is 18.2. The van der Waals surface area contributed by atoms with Gasteiger partial charge in [0.05, 0.1) is 12.1 Å². The zero-order valence-corrected chi connectivity index (χ0v) is 12.6. The molecular formula is C15H18ClNO4. The Kier molecular flexibility index (Phi) is 5.44. The maximum atomic E-state index is 12.3. The van der Waals surface area contributed by atoms with E-state index in [0.29, 0.717) is 23.7 Å². The van der Waals surface area contributed by atoms with Crippen LogP contribution >= 0.6 is 11.6 Å². The van der Waals surface area contributed by atoms with Gasteiger partial charge in [0, 0.05) is 6.54 Å². The number of benzene rings is 1. The third kappa shape index (κ3) is 3.88. The van der Waals surface area contributed by atoms with Crippen LogP contribution in [0.5, 0.6) is 5.75 Å². The summed E-state index contributed by atoms with van der Waals surface area (Å²) < 4.78 is 10.2. The number of carbonyl (C=O) groups is 2. The number of methoxy groups -OCH3 is 1. The van der Waals surface area contributed by atoms with E-state index in [0.717, 1.165) is 12.8 Å². The number of rotatable bonds is 4. The number of para-hydroxylation sites is 1. The molecule has 1 aromatic rings. The lowest BCUT2D eigenvalue weighted by Crippen LogP contribution is -2.50. The molecule has 1 atom stereocenters. The molecule has 1 aromatic carbocycles. The Labute approximate surface area is 128 Å². The number of esters is 1. The number of hydrogen-bond acceptors (Lipinski definition) is 4. The van der Waals surface area contributed by atoms with Gasteiger partial charge in [-0.1, -0.05) is 23.7 Å². The summed E-state index contributed by atoms with van der Waals surface area (Å²) in [5.41, 5.74) is 0. The van der Waals surface area contributed by atoms with Crippen LogP contribution in [0.25, 0.3) is 0 Å². The van der Waals surface area contributed by atoms with Crippen LogP contribution in [-0.4, -0.2) is 43.1 Å². The van der Waals surface area contributed by atoms with E-state index in [-0.39, 0.29) is 18.5 Å². The maximum Gasteiger partial charge on any atom is 0.328 e. The second kappa shape index (κ2) is 7.31. The molecule has 0 aromatic heterocycles. The van der Waals surface area contributed by atoms with Crippen molar-refractivity contribution >= 4 is 23.5 Å². The molecule has 1 aliphatic heterocycles. The minimum Gasteiger partial charge on any atom is -0.482 e. The lowest BCUT2D eigenvalue weighted by molar-refractivity contribution is -0.155. The Morgan fingerprint density at radius 2 is 2.10 bits per heavy atom. The summed E-state index contributed by atoms with van der Waals surface area (Å²) in [7, 11) is 1.33. The van der Waals surface area contributed by atoms with Crippen LogP contribution in [0.2, 0.25) is 5.02 Å². The Bertz CT molecular complexity index is 520. The minimum atomic E-state index is -0.508. The SMILES string of the molecule is COC(=O)[C@H]1CCCCN1C(=O)COc1ccccc1Cl. The van der Waals surface area contributed by atoms with Crippen molar-refractivity contribution in [3.8, 4) is 5.75 Å². The second-order valence-corrected chi connectivity index (χ2v) is 5.25. The van der Waals surface area contributed by atoms with Crippen molar-refractivity contribution in [1.82, 2.24) is 4.90 Å². The third-order valence-corrected chi connectivity index (χ3v) is 3.80. The van der Waals surface area contributed by atoms with Gasteiger partial charge in [0.2, 0.25) is 0 Å². The summed E-state index contributed by atoms with van der Waals surface area (Å²) >= 11 is 5.97. The topological polar surface area (TPSA) is 55.8 Å². The van der Waals surface area contributed by atoms with Gasteiger partial charge >= 0.3 is 5.97 Å². The fourth-order valence-corrected chi connectivity index (χ4v) is 2.59. The summed E-state index contributed by atoms with van der Waals surface area (Å²) in [5, 5.41) is 0.452. The lowest BCUT2D eigenvalue weighted by atomic mass is 10.0. The van der Waals surface area contributed by atoms with Gasteiger partial charge in [-0.05, 0) is 31.4 Å². The molecule has 0 radical (unpaired) electrons. The number of piperidine rings is 1. The van der Waals surface area contributed by atoms with Crippen LogP contribution in [0.1, 0.15) is 19.3 Å². The number of halogens is 1. The van der Waals surface area contributed by atoms with Gasteiger partial charge in [0.15, 0.2) is 6.61 Å². The number of carbonyl (C=O) groups excluding carboxylic acids is 2. The van der Waals surface area contributed by atoms with Crippen molar-refractivity contribution in [2.24, 2.45) is 0 Å². The molecule has 0 bridgehead atoms. The Morgan fingerprint density at radius 3 is 2.81 bits per heavy atom. The van der Waals surface area contributed by atoms with E-state index in [1.54, 1.807) is 24.3 Å². The molecule has 1 aliphatic rings. The number of amides is 1. The molecule has 5 nitrogen and oxygen atoms in total. The fraction of sp³-hybridized carbons (Fsp3) is 0.467. The summed E-state index contributed by atoms with van der Waals surface area (Å²) in [6, 6.07) is 6.45. The smallest absolute Gasteiger partial charge is 0.328 e. The fourth-order valence-electron chi connectivity index (χ4n) is 2.40. The van der Waals surface area contributed by atoms with E-state index in [1.165, 1.54) is 12.0 Å². The van der Waals surface area contributed by atoms with Gasteiger partial charge in [0.25, 0.3) is 5.91 Å². The van der Waals surface area contributed by atoms with Crippen LogP contribution in [-0.2, 0) is 14.3 Å². The molecule has 21 heavy (non-hydrogen) atoms. The average Bonchev–Trinajstić information content (AvgIpc) is 2.53. The van der Waals surface area contributed by atoms with Gasteiger partial charge in [-0.15, -0.1) is 0 Å². The van der Waals surface area contributed by atoms with Gasteiger partial charge in [-0.25, -0.2) is 4.79 Å². The molecule has 0 N–H and O–H groups in total. The first kappa shape index (κ1) is 15.6. The Balaban J connectivity index is 1.98. The summed E-state index contributed by atoms with van der Waals surface area (Å²) in [6.07, 6.45) is 2.42. The first-order chi connectivity index (χ1) is 10.1. The molecule has 0 saturated carbocycles. The largest absolute Gasteiger partial charge is 0.482 e. The Morgan fingerprint density at radius 1 is 1.33 bits per heavy atom. The summed E-state index contributed by atoms with van der Waals surface area (Å²) in [6.45, 7) is 0.404. The molecule has 0 unspecified atom stereocenters. The van der Waals surface area contributed by atoms with Crippen molar-refractivity contribution in [3.63, 3.8) is 0 Å². The minimum absolute atomic E-state index is 0.142. The van der Waals surface area contributed by atoms with Crippen LogP contribution in [0.15, 0.2) is 24.3 Å². The average molecular weight is 312 g/mol. The molecule has 1 heterocycles. The van der Waals surface area contributed by atoms with Gasteiger partial charge in [-0.2, -0.15) is 0 Å². The van der Waals surface area contributed by atoms with Crippen LogP contribution < -0.4 is 4.74 Å². The summed E-state index contributed by atoms with van der Waals surface area (Å²) in [4.78, 5) is 25.5. The van der Waals surface area contributed by atoms with E-state index in [9.17, 15) is 9.59 Å². The number of nitrogens with zero attached hydrogens (tertiary/aromatic N) is 1. The highest BCUT2D eigenvalue weighted by Crippen LogP contribution is 2.24. The van der Waals surface area contributed by atoms with E-state index in [1.807, 2.05) is 0 Å². The first-order valence-corrected chi connectivity index (χ1v) is 7.26. The van der Waals surface area contributed by atoms with Crippen molar-refractivity contribution < 1.29 is 19.1 Å². The number of likely N-dealkylation sites (tertiary alicyclic amines) is 1. The van der Waals surface area contributed by atoms with Gasteiger partial charge in [-0.3, -0.25) is 4.79 Å². The van der Waals surface area contributed by atoms with Crippen molar-refractivity contribution in [2.45, 2.75) is 25.3 Å². The number of ether oxygens (including phenoxy) is 2.